The van der Waals surface area contributed by atoms with Gasteiger partial charge in [-0.15, -0.1) is 0 Å². The molecule has 34 heavy (non-hydrogen) atoms. The topological polar surface area (TPSA) is 102 Å². The molecule has 0 amide bonds. The van der Waals surface area contributed by atoms with Crippen LogP contribution in [0.4, 0.5) is 5.82 Å². The van der Waals surface area contributed by atoms with E-state index in [4.69, 9.17) is 14.6 Å². The van der Waals surface area contributed by atoms with E-state index in [1.54, 1.807) is 0 Å². The summed E-state index contributed by atoms with van der Waals surface area (Å²) in [5, 5.41) is 8.22. The van der Waals surface area contributed by atoms with Crippen molar-refractivity contribution >= 4 is 18.4 Å². The largest absolute Gasteiger partial charge is 0.457 e. The van der Waals surface area contributed by atoms with E-state index in [-0.39, 0.29) is 5.41 Å². The van der Waals surface area contributed by atoms with E-state index < -0.39 is 0 Å². The van der Waals surface area contributed by atoms with Crippen molar-refractivity contribution in [1.82, 2.24) is 14.7 Å². The number of nitrogens with zero attached hydrogens (tertiary/aromatic N) is 3. The fourth-order valence-electron chi connectivity index (χ4n) is 4.36. The van der Waals surface area contributed by atoms with Crippen LogP contribution in [0.25, 0.3) is 11.3 Å². The number of benzene rings is 2. The third-order valence-electron chi connectivity index (χ3n) is 5.64. The third-order valence-corrected chi connectivity index (χ3v) is 5.64. The van der Waals surface area contributed by atoms with E-state index >= 15 is 0 Å². The molecule has 2 aliphatic rings. The molecule has 3 heterocycles. The van der Waals surface area contributed by atoms with Gasteiger partial charge in [0.1, 0.15) is 29.3 Å². The second kappa shape index (κ2) is 11.4. The van der Waals surface area contributed by atoms with Crippen LogP contribution >= 0.6 is 0 Å². The van der Waals surface area contributed by atoms with Gasteiger partial charge in [0.25, 0.3) is 0 Å². The summed E-state index contributed by atoms with van der Waals surface area (Å²) in [6.45, 7) is 6.94. The van der Waals surface area contributed by atoms with Crippen LogP contribution in [0.5, 0.6) is 11.5 Å². The van der Waals surface area contributed by atoms with Crippen molar-refractivity contribution in [1.29, 1.82) is 0 Å². The SMILES string of the molecule is C=CC=O.CN.CN1CC2(CNc3c(C=O)c(-c4ccc(Oc5ccccc5)cc4)nn3C2)C1. The number of anilines is 1. The number of hydrogen-bond acceptors (Lipinski definition) is 7. The zero-order chi connectivity index (χ0) is 24.6. The van der Waals surface area contributed by atoms with Gasteiger partial charge in [0.2, 0.25) is 0 Å². The molecular weight excluding hydrogens is 430 g/mol. The minimum atomic E-state index is 0.221. The Morgan fingerprint density at radius 3 is 2.21 bits per heavy atom. The van der Waals surface area contributed by atoms with Gasteiger partial charge in [-0.3, -0.25) is 9.59 Å². The molecule has 0 unspecified atom stereocenters. The van der Waals surface area contributed by atoms with Crippen molar-refractivity contribution in [3.05, 3.63) is 72.8 Å². The number of aromatic nitrogens is 2. The summed E-state index contributed by atoms with van der Waals surface area (Å²) in [5.41, 5.74) is 6.97. The molecule has 1 fully saturated rings. The van der Waals surface area contributed by atoms with Gasteiger partial charge in [-0.05, 0) is 56.6 Å². The summed E-state index contributed by atoms with van der Waals surface area (Å²) >= 11 is 0. The molecule has 0 atom stereocenters. The number of nitrogens with one attached hydrogen (secondary N) is 1. The molecule has 2 aliphatic heterocycles. The van der Waals surface area contributed by atoms with Crippen molar-refractivity contribution in [2.24, 2.45) is 11.1 Å². The molecule has 3 aromatic rings. The zero-order valence-corrected chi connectivity index (χ0v) is 19.6. The van der Waals surface area contributed by atoms with Crippen molar-refractivity contribution in [3.63, 3.8) is 0 Å². The molecule has 0 saturated carbocycles. The van der Waals surface area contributed by atoms with Gasteiger partial charge >= 0.3 is 0 Å². The molecule has 1 spiro atoms. The second-order valence-corrected chi connectivity index (χ2v) is 8.22. The fraction of sp³-hybridized carbons (Fsp3) is 0.269. The molecule has 0 bridgehead atoms. The Bertz CT molecular complexity index is 1100. The summed E-state index contributed by atoms with van der Waals surface area (Å²) in [7, 11) is 3.63. The summed E-state index contributed by atoms with van der Waals surface area (Å²) in [6, 6.07) is 17.4. The van der Waals surface area contributed by atoms with Gasteiger partial charge in [0.05, 0.1) is 12.1 Å². The first-order valence-corrected chi connectivity index (χ1v) is 11.0. The Morgan fingerprint density at radius 1 is 1.03 bits per heavy atom. The maximum absolute atomic E-state index is 11.8. The second-order valence-electron chi connectivity index (χ2n) is 8.22. The molecule has 8 heteroatoms. The average molecular weight is 462 g/mol. The number of fused-ring (bicyclic) bond motifs is 1. The number of ether oxygens (including phenoxy) is 1. The number of carbonyl (C=O) groups excluding carboxylic acids is 2. The molecular formula is C26H31N5O3. The van der Waals surface area contributed by atoms with E-state index in [1.165, 1.54) is 13.1 Å². The van der Waals surface area contributed by atoms with Gasteiger partial charge < -0.3 is 20.7 Å². The van der Waals surface area contributed by atoms with Crippen LogP contribution in [0, 0.1) is 5.41 Å². The molecule has 2 aromatic carbocycles. The standard InChI is InChI=1S/C22H22N4O2.C3H4O.CH5N/c1-25-13-22(14-25)12-23-21-19(11-27)20(24-26(21)15-22)16-7-9-18(10-8-16)28-17-5-3-2-4-6-17;1-2-3-4;1-2/h2-11,23H,12-15H2,1H3;2-3H,1H2;2H2,1H3. The van der Waals surface area contributed by atoms with E-state index in [2.05, 4.69) is 29.6 Å². The lowest BCUT2D eigenvalue weighted by molar-refractivity contribution is -0.104. The van der Waals surface area contributed by atoms with Crippen molar-refractivity contribution < 1.29 is 14.3 Å². The number of likely N-dealkylation sites (tertiary alicyclic amines) is 1. The van der Waals surface area contributed by atoms with Crippen LogP contribution < -0.4 is 15.8 Å². The van der Waals surface area contributed by atoms with Crippen LogP contribution in [0.2, 0.25) is 0 Å². The monoisotopic (exact) mass is 461 g/mol. The van der Waals surface area contributed by atoms with E-state index in [9.17, 15) is 4.79 Å². The Morgan fingerprint density at radius 2 is 1.65 bits per heavy atom. The van der Waals surface area contributed by atoms with Gasteiger partial charge in [-0.25, -0.2) is 4.68 Å². The van der Waals surface area contributed by atoms with Crippen LogP contribution in [0.15, 0.2) is 67.3 Å². The minimum Gasteiger partial charge on any atom is -0.457 e. The molecule has 0 aliphatic carbocycles. The van der Waals surface area contributed by atoms with E-state index in [1.807, 2.05) is 59.3 Å². The highest BCUT2D eigenvalue weighted by atomic mass is 16.5. The number of para-hydroxylation sites is 1. The van der Waals surface area contributed by atoms with Gasteiger partial charge in [0.15, 0.2) is 6.29 Å². The Kier molecular flexibility index (Phi) is 8.34. The Labute approximate surface area is 200 Å². The van der Waals surface area contributed by atoms with Crippen LogP contribution in [0.1, 0.15) is 10.4 Å². The highest BCUT2D eigenvalue weighted by molar-refractivity contribution is 5.92. The van der Waals surface area contributed by atoms with Crippen molar-refractivity contribution in [3.8, 4) is 22.8 Å². The molecule has 1 aromatic heterocycles. The number of nitrogens with two attached hydrogens (primary N) is 1. The van der Waals surface area contributed by atoms with Crippen LogP contribution in [-0.2, 0) is 11.3 Å². The predicted molar refractivity (Wildman–Crippen MR) is 134 cm³/mol. The zero-order valence-electron chi connectivity index (χ0n) is 19.6. The lowest BCUT2D eigenvalue weighted by Crippen LogP contribution is -2.61. The summed E-state index contributed by atoms with van der Waals surface area (Å²) < 4.78 is 7.82. The maximum atomic E-state index is 11.8. The van der Waals surface area contributed by atoms with E-state index in [0.29, 0.717) is 17.5 Å². The molecule has 1 saturated heterocycles. The molecule has 5 rings (SSSR count). The van der Waals surface area contributed by atoms with Gasteiger partial charge in [-0.1, -0.05) is 24.8 Å². The Hall–Kier alpha value is -3.75. The quantitative estimate of drug-likeness (QED) is 0.443. The first-order valence-electron chi connectivity index (χ1n) is 11.0. The van der Waals surface area contributed by atoms with Crippen LogP contribution in [-0.4, -0.2) is 61.0 Å². The normalized spacial score (nSPS) is 15.1. The molecule has 0 radical (unpaired) electrons. The number of hydrogen-bond donors (Lipinski definition) is 2. The first kappa shape index (κ1) is 24.9. The lowest BCUT2D eigenvalue weighted by atomic mass is 9.79. The first-order chi connectivity index (χ1) is 16.6. The van der Waals surface area contributed by atoms with Gasteiger partial charge in [0, 0.05) is 30.6 Å². The minimum absolute atomic E-state index is 0.221. The van der Waals surface area contributed by atoms with Crippen LogP contribution in [0.3, 0.4) is 0 Å². The summed E-state index contributed by atoms with van der Waals surface area (Å²) in [5.74, 6) is 2.37. The summed E-state index contributed by atoms with van der Waals surface area (Å²) in [4.78, 5) is 23.2. The van der Waals surface area contributed by atoms with Gasteiger partial charge in [-0.2, -0.15) is 5.10 Å². The average Bonchev–Trinajstić information content (AvgIpc) is 3.23. The van der Waals surface area contributed by atoms with Crippen molar-refractivity contribution in [2.75, 3.05) is 39.0 Å². The highest BCUT2D eigenvalue weighted by Gasteiger charge is 2.44. The molecule has 8 nitrogen and oxygen atoms in total. The highest BCUT2D eigenvalue weighted by Crippen LogP contribution is 2.39. The lowest BCUT2D eigenvalue weighted by Gasteiger charge is -2.50. The number of carbonyl (C=O) groups is 2. The Balaban J connectivity index is 0.000000492. The van der Waals surface area contributed by atoms with Crippen molar-refractivity contribution in [2.45, 2.75) is 6.54 Å². The number of aldehydes is 2. The maximum Gasteiger partial charge on any atom is 0.156 e. The molecule has 178 valence electrons. The number of rotatable bonds is 5. The summed E-state index contributed by atoms with van der Waals surface area (Å²) in [6.07, 6.45) is 2.74. The van der Waals surface area contributed by atoms with E-state index in [0.717, 1.165) is 55.3 Å². The number of allylic oxidation sites excluding steroid dienone is 1. The molecule has 3 N–H and O–H groups in total. The predicted octanol–water partition coefficient (Wildman–Crippen LogP) is 3.46. The smallest absolute Gasteiger partial charge is 0.156 e. The fourth-order valence-corrected chi connectivity index (χ4v) is 4.36. The third kappa shape index (κ3) is 5.41.